The van der Waals surface area contributed by atoms with Crippen molar-refractivity contribution < 1.29 is 9.84 Å². The molecule has 0 spiro atoms. The molecule has 0 aliphatic carbocycles. The molecule has 0 bridgehead atoms. The molecule has 3 nitrogen and oxygen atoms in total. The molecule has 1 N–H and O–H groups in total. The topological polar surface area (TPSA) is 32.7 Å². The van der Waals surface area contributed by atoms with E-state index in [1.54, 1.807) is 7.11 Å². The van der Waals surface area contributed by atoms with Gasteiger partial charge in [-0.25, -0.2) is 0 Å². The van der Waals surface area contributed by atoms with Crippen LogP contribution < -0.4 is 0 Å². The number of hydrogen-bond acceptors (Lipinski definition) is 3. The van der Waals surface area contributed by atoms with E-state index in [4.69, 9.17) is 4.74 Å². The minimum atomic E-state index is -0.283. The van der Waals surface area contributed by atoms with Crippen LogP contribution in [0.1, 0.15) is 20.8 Å². The van der Waals surface area contributed by atoms with E-state index in [9.17, 15) is 5.11 Å². The van der Waals surface area contributed by atoms with E-state index in [2.05, 4.69) is 4.90 Å². The lowest BCUT2D eigenvalue weighted by molar-refractivity contribution is 0.0293. The summed E-state index contributed by atoms with van der Waals surface area (Å²) in [5.74, 6) is 0. The van der Waals surface area contributed by atoms with Crippen molar-refractivity contribution in [3.8, 4) is 0 Å². The predicted molar refractivity (Wildman–Crippen MR) is 54.8 cm³/mol. The second-order valence-corrected chi connectivity index (χ2v) is 4.64. The molecule has 0 aromatic heterocycles. The fraction of sp³-hybridized carbons (Fsp3) is 1.00. The largest absolute Gasteiger partial charge is 0.391 e. The van der Waals surface area contributed by atoms with E-state index in [-0.39, 0.29) is 11.5 Å². The standard InChI is InChI=1S/C10H23NO2/c1-10(2,3)9(12)8-11(4)6-7-13-5/h9,12H,6-8H2,1-5H3. The third-order valence-electron chi connectivity index (χ3n) is 2.16. The lowest BCUT2D eigenvalue weighted by Gasteiger charge is -2.29. The summed E-state index contributed by atoms with van der Waals surface area (Å²) in [5, 5.41) is 9.77. The Morgan fingerprint density at radius 1 is 1.38 bits per heavy atom. The molecule has 1 atom stereocenters. The molecule has 0 radical (unpaired) electrons. The number of aliphatic hydroxyl groups is 1. The lowest BCUT2D eigenvalue weighted by Crippen LogP contribution is -2.38. The van der Waals surface area contributed by atoms with Crippen LogP contribution in [0, 0.1) is 5.41 Å². The summed E-state index contributed by atoms with van der Waals surface area (Å²) in [6.07, 6.45) is -0.283. The zero-order chi connectivity index (χ0) is 10.5. The summed E-state index contributed by atoms with van der Waals surface area (Å²) in [7, 11) is 3.68. The summed E-state index contributed by atoms with van der Waals surface area (Å²) in [6, 6.07) is 0. The summed E-state index contributed by atoms with van der Waals surface area (Å²) in [4.78, 5) is 2.08. The van der Waals surface area contributed by atoms with Gasteiger partial charge in [0.1, 0.15) is 0 Å². The molecule has 0 fully saturated rings. The average Bonchev–Trinajstić information content (AvgIpc) is 1.99. The molecular formula is C10H23NO2. The third kappa shape index (κ3) is 6.02. The first-order valence-electron chi connectivity index (χ1n) is 4.73. The van der Waals surface area contributed by atoms with Crippen molar-refractivity contribution >= 4 is 0 Å². The SMILES string of the molecule is COCCN(C)CC(O)C(C)(C)C. The molecule has 1 unspecified atom stereocenters. The highest BCUT2D eigenvalue weighted by molar-refractivity contribution is 4.75. The molecule has 3 heteroatoms. The van der Waals surface area contributed by atoms with Crippen molar-refractivity contribution in [1.82, 2.24) is 4.90 Å². The summed E-state index contributed by atoms with van der Waals surface area (Å²) in [6.45, 7) is 8.41. The fourth-order valence-corrected chi connectivity index (χ4v) is 0.907. The highest BCUT2D eigenvalue weighted by Crippen LogP contribution is 2.19. The Balaban J connectivity index is 3.71. The van der Waals surface area contributed by atoms with Crippen molar-refractivity contribution in [2.24, 2.45) is 5.41 Å². The molecule has 80 valence electrons. The summed E-state index contributed by atoms with van der Waals surface area (Å²) >= 11 is 0. The van der Waals surface area contributed by atoms with E-state index >= 15 is 0 Å². The Labute approximate surface area is 81.7 Å². The Bertz CT molecular complexity index is 131. The Kier molecular flexibility index (Phi) is 5.53. The fourth-order valence-electron chi connectivity index (χ4n) is 0.907. The summed E-state index contributed by atoms with van der Waals surface area (Å²) < 4.78 is 4.96. The molecule has 0 rings (SSSR count). The predicted octanol–water partition coefficient (Wildman–Crippen LogP) is 0.972. The maximum absolute atomic E-state index is 9.77. The Morgan fingerprint density at radius 3 is 2.31 bits per heavy atom. The molecule has 0 amide bonds. The number of aliphatic hydroxyl groups excluding tert-OH is 1. The maximum atomic E-state index is 9.77. The van der Waals surface area contributed by atoms with Crippen LogP contribution in [0.3, 0.4) is 0 Å². The minimum absolute atomic E-state index is 0.0403. The average molecular weight is 189 g/mol. The number of rotatable bonds is 5. The zero-order valence-corrected chi connectivity index (χ0v) is 9.50. The van der Waals surface area contributed by atoms with Crippen LogP contribution in [0.5, 0.6) is 0 Å². The molecule has 0 aliphatic heterocycles. The van der Waals surface area contributed by atoms with Crippen LogP contribution in [0.15, 0.2) is 0 Å². The first kappa shape index (κ1) is 12.9. The third-order valence-corrected chi connectivity index (χ3v) is 2.16. The van der Waals surface area contributed by atoms with E-state index < -0.39 is 0 Å². The van der Waals surface area contributed by atoms with Gasteiger partial charge in [-0.3, -0.25) is 0 Å². The second-order valence-electron chi connectivity index (χ2n) is 4.64. The number of likely N-dealkylation sites (N-methyl/N-ethyl adjacent to an activating group) is 1. The monoisotopic (exact) mass is 189 g/mol. The van der Waals surface area contributed by atoms with E-state index in [1.807, 2.05) is 27.8 Å². The first-order chi connectivity index (χ1) is 5.88. The van der Waals surface area contributed by atoms with Crippen LogP contribution in [-0.4, -0.2) is 50.0 Å². The molecule has 13 heavy (non-hydrogen) atoms. The zero-order valence-electron chi connectivity index (χ0n) is 9.50. The van der Waals surface area contributed by atoms with Crippen molar-refractivity contribution in [1.29, 1.82) is 0 Å². The van der Waals surface area contributed by atoms with Crippen LogP contribution in [0.4, 0.5) is 0 Å². The lowest BCUT2D eigenvalue weighted by atomic mass is 9.89. The molecule has 0 aliphatic rings. The van der Waals surface area contributed by atoms with E-state index in [0.717, 1.165) is 6.54 Å². The van der Waals surface area contributed by atoms with Crippen LogP contribution in [-0.2, 0) is 4.74 Å². The van der Waals surface area contributed by atoms with Gasteiger partial charge in [0, 0.05) is 20.2 Å². The van der Waals surface area contributed by atoms with Gasteiger partial charge < -0.3 is 14.7 Å². The van der Waals surface area contributed by atoms with Crippen LogP contribution in [0.2, 0.25) is 0 Å². The highest BCUT2D eigenvalue weighted by Gasteiger charge is 2.22. The van der Waals surface area contributed by atoms with Crippen molar-refractivity contribution in [3.05, 3.63) is 0 Å². The number of methoxy groups -OCH3 is 1. The summed E-state index contributed by atoms with van der Waals surface area (Å²) in [5.41, 5.74) is -0.0403. The molecule has 0 saturated carbocycles. The van der Waals surface area contributed by atoms with Gasteiger partial charge in [-0.05, 0) is 12.5 Å². The van der Waals surface area contributed by atoms with Gasteiger partial charge in [0.2, 0.25) is 0 Å². The molecule has 0 aromatic rings. The van der Waals surface area contributed by atoms with Gasteiger partial charge in [0.25, 0.3) is 0 Å². The minimum Gasteiger partial charge on any atom is -0.391 e. The van der Waals surface area contributed by atoms with Crippen molar-refractivity contribution in [2.75, 3.05) is 33.9 Å². The molecule has 0 saturated heterocycles. The van der Waals surface area contributed by atoms with E-state index in [1.165, 1.54) is 0 Å². The smallest absolute Gasteiger partial charge is 0.0715 e. The van der Waals surface area contributed by atoms with E-state index in [0.29, 0.717) is 13.2 Å². The Hall–Kier alpha value is -0.120. The van der Waals surface area contributed by atoms with Gasteiger partial charge in [-0.2, -0.15) is 0 Å². The molecule has 0 aromatic carbocycles. The molecular weight excluding hydrogens is 166 g/mol. The number of nitrogens with zero attached hydrogens (tertiary/aromatic N) is 1. The van der Waals surface area contributed by atoms with Crippen molar-refractivity contribution in [3.63, 3.8) is 0 Å². The highest BCUT2D eigenvalue weighted by atomic mass is 16.5. The maximum Gasteiger partial charge on any atom is 0.0715 e. The first-order valence-corrected chi connectivity index (χ1v) is 4.73. The number of hydrogen-bond donors (Lipinski definition) is 1. The second kappa shape index (κ2) is 5.58. The quantitative estimate of drug-likeness (QED) is 0.699. The van der Waals surface area contributed by atoms with Gasteiger partial charge in [0.05, 0.1) is 12.7 Å². The Morgan fingerprint density at radius 2 is 1.92 bits per heavy atom. The van der Waals surface area contributed by atoms with Crippen molar-refractivity contribution in [2.45, 2.75) is 26.9 Å². The molecule has 0 heterocycles. The van der Waals surface area contributed by atoms with Crippen LogP contribution >= 0.6 is 0 Å². The van der Waals surface area contributed by atoms with Gasteiger partial charge >= 0.3 is 0 Å². The van der Waals surface area contributed by atoms with Gasteiger partial charge in [-0.15, -0.1) is 0 Å². The number of ether oxygens (including phenoxy) is 1. The normalized spacial score (nSPS) is 15.0. The van der Waals surface area contributed by atoms with Crippen LogP contribution in [0.25, 0.3) is 0 Å². The van der Waals surface area contributed by atoms with Gasteiger partial charge in [0.15, 0.2) is 0 Å². The van der Waals surface area contributed by atoms with Gasteiger partial charge in [-0.1, -0.05) is 20.8 Å².